The lowest BCUT2D eigenvalue weighted by Gasteiger charge is -2.38. The van der Waals surface area contributed by atoms with Crippen molar-refractivity contribution in [1.82, 2.24) is 4.90 Å². The van der Waals surface area contributed by atoms with Crippen LogP contribution in [0.4, 0.5) is 5.69 Å². The van der Waals surface area contributed by atoms with E-state index in [9.17, 15) is 19.5 Å². The number of anilines is 1. The molecular formula is C27H31ClN2O6. The van der Waals surface area contributed by atoms with Crippen LogP contribution in [0.2, 0.25) is 5.02 Å². The largest absolute Gasteiger partial charge is 0.465 e. The van der Waals surface area contributed by atoms with Gasteiger partial charge in [-0.2, -0.15) is 0 Å². The summed E-state index contributed by atoms with van der Waals surface area (Å²) in [6, 6.07) is 4.45. The van der Waals surface area contributed by atoms with Gasteiger partial charge in [0, 0.05) is 19.7 Å². The summed E-state index contributed by atoms with van der Waals surface area (Å²) in [5.41, 5.74) is -1.02. The Balaban J connectivity index is 1.65. The van der Waals surface area contributed by atoms with Crippen molar-refractivity contribution < 1.29 is 29.0 Å². The molecule has 8 nitrogen and oxygen atoms in total. The van der Waals surface area contributed by atoms with E-state index in [1.807, 2.05) is 37.3 Å². The highest BCUT2D eigenvalue weighted by Gasteiger charge is 2.74. The first kappa shape index (κ1) is 25.0. The first-order chi connectivity index (χ1) is 17.2. The van der Waals surface area contributed by atoms with Crippen LogP contribution in [-0.2, 0) is 23.9 Å². The van der Waals surface area contributed by atoms with Gasteiger partial charge < -0.3 is 24.4 Å². The van der Waals surface area contributed by atoms with Crippen LogP contribution < -0.4 is 4.90 Å². The number of rotatable bonds is 5. The molecule has 4 heterocycles. The number of halogens is 1. The SMILES string of the molecule is Cc1cccc(Cl)c1N1CC=C[C@]23O[C@@]4(C)C=CCCOC(=O)[C@H]4[C@H]2C(=O)N(CCCCO)C3C1=O. The fourth-order valence-corrected chi connectivity index (χ4v) is 6.61. The number of carbonyl (C=O) groups is 3. The Morgan fingerprint density at radius 3 is 2.67 bits per heavy atom. The van der Waals surface area contributed by atoms with Crippen molar-refractivity contribution in [2.75, 3.05) is 31.2 Å². The molecule has 0 radical (unpaired) electrons. The molecule has 2 saturated heterocycles. The number of aryl methyl sites for hydroxylation is 1. The maximum absolute atomic E-state index is 14.4. The van der Waals surface area contributed by atoms with E-state index in [1.165, 1.54) is 4.90 Å². The highest BCUT2D eigenvalue weighted by Crippen LogP contribution is 2.57. The molecule has 4 aliphatic heterocycles. The highest BCUT2D eigenvalue weighted by atomic mass is 35.5. The van der Waals surface area contributed by atoms with Gasteiger partial charge in [0.05, 0.1) is 28.8 Å². The Morgan fingerprint density at radius 2 is 1.92 bits per heavy atom. The number of nitrogens with zero attached hydrogens (tertiary/aromatic N) is 2. The maximum Gasteiger partial charge on any atom is 0.313 e. The normalized spacial score (nSPS) is 33.6. The molecule has 192 valence electrons. The molecule has 1 unspecified atom stereocenters. The number of ether oxygens (including phenoxy) is 2. The molecule has 1 spiro atoms. The predicted octanol–water partition coefficient (Wildman–Crippen LogP) is 2.80. The molecule has 2 fully saturated rings. The van der Waals surface area contributed by atoms with Crippen LogP contribution in [-0.4, -0.2) is 71.3 Å². The summed E-state index contributed by atoms with van der Waals surface area (Å²) in [4.78, 5) is 44.8. The van der Waals surface area contributed by atoms with E-state index in [4.69, 9.17) is 21.1 Å². The summed E-state index contributed by atoms with van der Waals surface area (Å²) >= 11 is 6.55. The van der Waals surface area contributed by atoms with Gasteiger partial charge in [0.15, 0.2) is 0 Å². The zero-order chi connectivity index (χ0) is 25.7. The van der Waals surface area contributed by atoms with E-state index in [2.05, 4.69) is 0 Å². The van der Waals surface area contributed by atoms with Gasteiger partial charge in [-0.1, -0.05) is 48.0 Å². The van der Waals surface area contributed by atoms with Crippen molar-refractivity contribution in [1.29, 1.82) is 0 Å². The number of amides is 2. The molecule has 0 bridgehead atoms. The molecule has 1 aromatic carbocycles. The minimum Gasteiger partial charge on any atom is -0.465 e. The number of aliphatic hydroxyl groups is 1. The lowest BCUT2D eigenvalue weighted by Crippen LogP contribution is -2.56. The number of aliphatic hydroxyl groups excluding tert-OH is 1. The van der Waals surface area contributed by atoms with Gasteiger partial charge in [0.1, 0.15) is 17.6 Å². The van der Waals surface area contributed by atoms with E-state index >= 15 is 0 Å². The molecule has 5 atom stereocenters. The van der Waals surface area contributed by atoms with E-state index in [0.717, 1.165) is 5.56 Å². The molecule has 0 aromatic heterocycles. The van der Waals surface area contributed by atoms with E-state index in [1.54, 1.807) is 24.0 Å². The second-order valence-electron chi connectivity index (χ2n) is 10.1. The number of esters is 1. The molecule has 1 N–H and O–H groups in total. The zero-order valence-electron chi connectivity index (χ0n) is 20.5. The molecule has 1 aromatic rings. The average Bonchev–Trinajstić information content (AvgIpc) is 3.14. The minimum absolute atomic E-state index is 0.0195. The van der Waals surface area contributed by atoms with Crippen LogP contribution in [0.25, 0.3) is 0 Å². The first-order valence-electron chi connectivity index (χ1n) is 12.5. The summed E-state index contributed by atoms with van der Waals surface area (Å²) in [5, 5.41) is 9.77. The number of hydrogen-bond acceptors (Lipinski definition) is 6. The third-order valence-corrected chi connectivity index (χ3v) is 8.09. The lowest BCUT2D eigenvalue weighted by molar-refractivity contribution is -0.159. The van der Waals surface area contributed by atoms with Crippen molar-refractivity contribution >= 4 is 35.1 Å². The summed E-state index contributed by atoms with van der Waals surface area (Å²) in [6.45, 7) is 4.39. The molecule has 5 rings (SSSR count). The number of likely N-dealkylation sites (tertiary alicyclic amines) is 1. The molecule has 4 aliphatic rings. The van der Waals surface area contributed by atoms with Gasteiger partial charge in [-0.3, -0.25) is 14.4 Å². The number of unbranched alkanes of at least 4 members (excludes halogenated alkanes) is 1. The number of fused-ring (bicyclic) bond motifs is 2. The summed E-state index contributed by atoms with van der Waals surface area (Å²) in [6.07, 6.45) is 8.91. The van der Waals surface area contributed by atoms with Crippen molar-refractivity contribution in [3.05, 3.63) is 53.1 Å². The maximum atomic E-state index is 14.4. The lowest BCUT2D eigenvalue weighted by atomic mass is 9.74. The van der Waals surface area contributed by atoms with Crippen LogP contribution in [0.3, 0.4) is 0 Å². The van der Waals surface area contributed by atoms with Crippen LogP contribution in [0, 0.1) is 18.8 Å². The molecule has 9 heteroatoms. The second kappa shape index (κ2) is 9.32. The van der Waals surface area contributed by atoms with Crippen molar-refractivity contribution in [3.8, 4) is 0 Å². The predicted molar refractivity (Wildman–Crippen MR) is 133 cm³/mol. The topological polar surface area (TPSA) is 96.4 Å². The number of cyclic esters (lactones) is 1. The minimum atomic E-state index is -1.34. The number of carbonyl (C=O) groups excluding carboxylic acids is 3. The van der Waals surface area contributed by atoms with E-state index in [0.29, 0.717) is 30.0 Å². The Morgan fingerprint density at radius 1 is 1.11 bits per heavy atom. The van der Waals surface area contributed by atoms with Gasteiger partial charge in [0.2, 0.25) is 5.91 Å². The Labute approximate surface area is 215 Å². The fraction of sp³-hybridized carbons (Fsp3) is 0.519. The third kappa shape index (κ3) is 3.69. The summed E-state index contributed by atoms with van der Waals surface area (Å²) < 4.78 is 12.2. The fourth-order valence-electron chi connectivity index (χ4n) is 6.29. The van der Waals surface area contributed by atoms with E-state index < -0.39 is 35.0 Å². The summed E-state index contributed by atoms with van der Waals surface area (Å²) in [7, 11) is 0. The third-order valence-electron chi connectivity index (χ3n) is 7.79. The number of benzene rings is 1. The van der Waals surface area contributed by atoms with E-state index in [-0.39, 0.29) is 38.1 Å². The molecule has 36 heavy (non-hydrogen) atoms. The molecule has 0 aliphatic carbocycles. The number of hydrogen-bond donors (Lipinski definition) is 1. The Kier molecular flexibility index (Phi) is 6.47. The zero-order valence-corrected chi connectivity index (χ0v) is 21.2. The quantitative estimate of drug-likeness (QED) is 0.369. The number of para-hydroxylation sites is 1. The molecular weight excluding hydrogens is 484 g/mol. The van der Waals surface area contributed by atoms with Gasteiger partial charge >= 0.3 is 5.97 Å². The smallest absolute Gasteiger partial charge is 0.313 e. The second-order valence-corrected chi connectivity index (χ2v) is 10.5. The Hall–Kier alpha value is -2.68. The van der Waals surface area contributed by atoms with Crippen molar-refractivity contribution in [2.24, 2.45) is 11.8 Å². The average molecular weight is 515 g/mol. The van der Waals surface area contributed by atoms with Crippen LogP contribution in [0.15, 0.2) is 42.5 Å². The summed E-state index contributed by atoms with van der Waals surface area (Å²) in [5.74, 6) is -2.92. The first-order valence-corrected chi connectivity index (χ1v) is 12.8. The standard InChI is InChI=1S/C27H31ClN2O6/c1-17-9-7-10-18(28)21(17)29-14-8-12-27-19(20-25(34)35-16-6-3-11-26(20,2)36-27)23(32)30(13-4-5-15-31)22(27)24(29)33/h3,7-12,19-20,22,31H,4-6,13-16H2,1-2H3/t19-,20+,22?,26-,27-/m0/s1. The van der Waals surface area contributed by atoms with Gasteiger partial charge in [-0.15, -0.1) is 0 Å². The van der Waals surface area contributed by atoms with Gasteiger partial charge in [-0.25, -0.2) is 0 Å². The highest BCUT2D eigenvalue weighted by molar-refractivity contribution is 6.34. The van der Waals surface area contributed by atoms with Gasteiger partial charge in [-0.05, 0) is 44.7 Å². The van der Waals surface area contributed by atoms with Crippen molar-refractivity contribution in [2.45, 2.75) is 50.4 Å². The Bertz CT molecular complexity index is 1130. The molecule has 2 amide bonds. The van der Waals surface area contributed by atoms with Crippen LogP contribution in [0.1, 0.15) is 31.7 Å². The molecule has 0 saturated carbocycles. The van der Waals surface area contributed by atoms with Crippen LogP contribution in [0.5, 0.6) is 0 Å². The van der Waals surface area contributed by atoms with Crippen molar-refractivity contribution in [3.63, 3.8) is 0 Å². The van der Waals surface area contributed by atoms with Gasteiger partial charge in [0.25, 0.3) is 5.91 Å². The monoisotopic (exact) mass is 514 g/mol. The van der Waals surface area contributed by atoms with Crippen LogP contribution >= 0.6 is 11.6 Å².